The van der Waals surface area contributed by atoms with Crippen molar-refractivity contribution >= 4 is 15.9 Å². The highest BCUT2D eigenvalue weighted by atomic mass is 79.9. The Hall–Kier alpha value is -0.540. The van der Waals surface area contributed by atoms with E-state index in [0.29, 0.717) is 0 Å². The third-order valence-electron chi connectivity index (χ3n) is 3.16. The van der Waals surface area contributed by atoms with E-state index in [0.717, 1.165) is 35.0 Å². The summed E-state index contributed by atoms with van der Waals surface area (Å²) in [6, 6.07) is 6.18. The molecule has 1 aliphatic heterocycles. The molecule has 0 bridgehead atoms. The molecule has 2 rings (SSSR count). The highest BCUT2D eigenvalue weighted by Gasteiger charge is 2.34. The monoisotopic (exact) mass is 283 g/mol. The van der Waals surface area contributed by atoms with Crippen molar-refractivity contribution in [3.63, 3.8) is 0 Å². The minimum Gasteiger partial charge on any atom is -0.487 e. The van der Waals surface area contributed by atoms with Gasteiger partial charge in [-0.1, -0.05) is 35.3 Å². The molecular weight excluding hydrogens is 266 g/mol. The van der Waals surface area contributed by atoms with Crippen LogP contribution in [0.1, 0.15) is 44.7 Å². The van der Waals surface area contributed by atoms with E-state index in [-0.39, 0.29) is 11.6 Å². The topological polar surface area (TPSA) is 35.2 Å². The van der Waals surface area contributed by atoms with Crippen LogP contribution in [0.4, 0.5) is 0 Å². The largest absolute Gasteiger partial charge is 0.487 e. The summed E-state index contributed by atoms with van der Waals surface area (Å²) >= 11 is 3.47. The smallest absolute Gasteiger partial charge is 0.126 e. The van der Waals surface area contributed by atoms with Crippen molar-refractivity contribution in [3.8, 4) is 5.75 Å². The molecule has 16 heavy (non-hydrogen) atoms. The lowest BCUT2D eigenvalue weighted by Crippen LogP contribution is -2.40. The molecule has 1 aromatic carbocycles. The maximum Gasteiger partial charge on any atom is 0.126 e. The minimum absolute atomic E-state index is 0.0911. The highest BCUT2D eigenvalue weighted by molar-refractivity contribution is 9.10. The lowest BCUT2D eigenvalue weighted by atomic mass is 9.86. The molecular formula is C13H18BrNO. The zero-order valence-electron chi connectivity index (χ0n) is 9.79. The fraction of sp³-hybridized carbons (Fsp3) is 0.538. The van der Waals surface area contributed by atoms with E-state index in [2.05, 4.69) is 35.8 Å². The number of rotatable bonds is 2. The van der Waals surface area contributed by atoms with Gasteiger partial charge in [-0.25, -0.2) is 0 Å². The number of fused-ring (bicyclic) bond motifs is 1. The molecule has 1 aromatic rings. The number of hydrogen-bond donors (Lipinski definition) is 1. The predicted octanol–water partition coefficient (Wildman–Crippen LogP) is 3.79. The maximum atomic E-state index is 6.21. The van der Waals surface area contributed by atoms with Gasteiger partial charge in [0.2, 0.25) is 0 Å². The lowest BCUT2D eigenvalue weighted by Gasteiger charge is -2.38. The number of ether oxygens (including phenoxy) is 1. The quantitative estimate of drug-likeness (QED) is 0.896. The average Bonchev–Trinajstić information content (AvgIpc) is 2.15. The highest BCUT2D eigenvalue weighted by Crippen LogP contribution is 2.41. The van der Waals surface area contributed by atoms with Crippen molar-refractivity contribution in [1.29, 1.82) is 0 Å². The van der Waals surface area contributed by atoms with Crippen molar-refractivity contribution in [2.45, 2.75) is 44.8 Å². The van der Waals surface area contributed by atoms with Crippen LogP contribution in [-0.2, 0) is 0 Å². The Balaban J connectivity index is 2.34. The van der Waals surface area contributed by atoms with E-state index in [1.54, 1.807) is 0 Å². The number of nitrogens with two attached hydrogens (primary N) is 1. The van der Waals surface area contributed by atoms with Crippen molar-refractivity contribution in [3.05, 3.63) is 28.2 Å². The molecule has 0 fully saturated rings. The molecule has 0 amide bonds. The van der Waals surface area contributed by atoms with Crippen molar-refractivity contribution < 1.29 is 4.74 Å². The average molecular weight is 284 g/mol. The van der Waals surface area contributed by atoms with Crippen molar-refractivity contribution in [1.82, 2.24) is 0 Å². The molecule has 1 heterocycles. The Bertz CT molecular complexity index is 394. The van der Waals surface area contributed by atoms with E-state index < -0.39 is 0 Å². The van der Waals surface area contributed by atoms with Crippen LogP contribution in [0.3, 0.4) is 0 Å². The number of benzene rings is 1. The summed E-state index contributed by atoms with van der Waals surface area (Å²) in [6.45, 7) is 4.33. The summed E-state index contributed by atoms with van der Waals surface area (Å²) in [5.41, 5.74) is 7.22. The van der Waals surface area contributed by atoms with Gasteiger partial charge in [0, 0.05) is 22.5 Å². The van der Waals surface area contributed by atoms with Crippen LogP contribution in [0.15, 0.2) is 22.7 Å². The van der Waals surface area contributed by atoms with Crippen LogP contribution in [0.25, 0.3) is 0 Å². The second-order valence-corrected chi connectivity index (χ2v) is 5.71. The molecule has 0 saturated heterocycles. The SMILES string of the molecule is CCCC1(C)C[C@@H](N)c2ccc(Br)cc2O1. The zero-order valence-corrected chi connectivity index (χ0v) is 11.4. The minimum atomic E-state index is -0.109. The van der Waals surface area contributed by atoms with Crippen LogP contribution in [-0.4, -0.2) is 5.60 Å². The van der Waals surface area contributed by atoms with Gasteiger partial charge in [-0.2, -0.15) is 0 Å². The summed E-state index contributed by atoms with van der Waals surface area (Å²) in [4.78, 5) is 0. The fourth-order valence-electron chi connectivity index (χ4n) is 2.47. The van der Waals surface area contributed by atoms with E-state index >= 15 is 0 Å². The molecule has 1 aliphatic rings. The summed E-state index contributed by atoms with van der Waals surface area (Å²) in [5, 5.41) is 0. The predicted molar refractivity (Wildman–Crippen MR) is 69.6 cm³/mol. The third kappa shape index (κ3) is 2.25. The maximum absolute atomic E-state index is 6.21. The van der Waals surface area contributed by atoms with Gasteiger partial charge in [0.15, 0.2) is 0 Å². The Morgan fingerprint density at radius 2 is 2.31 bits per heavy atom. The molecule has 0 spiro atoms. The van der Waals surface area contributed by atoms with Crippen LogP contribution >= 0.6 is 15.9 Å². The Morgan fingerprint density at radius 1 is 1.56 bits per heavy atom. The van der Waals surface area contributed by atoms with E-state index in [9.17, 15) is 0 Å². The summed E-state index contributed by atoms with van der Waals surface area (Å²) in [5.74, 6) is 0.934. The van der Waals surface area contributed by atoms with Gasteiger partial charge >= 0.3 is 0 Å². The Morgan fingerprint density at radius 3 is 3.00 bits per heavy atom. The normalized spacial score (nSPS) is 28.4. The van der Waals surface area contributed by atoms with E-state index in [1.807, 2.05) is 12.1 Å². The van der Waals surface area contributed by atoms with Crippen LogP contribution < -0.4 is 10.5 Å². The zero-order chi connectivity index (χ0) is 11.8. The fourth-order valence-corrected chi connectivity index (χ4v) is 2.81. The lowest BCUT2D eigenvalue weighted by molar-refractivity contribution is 0.0448. The van der Waals surface area contributed by atoms with Gasteiger partial charge in [-0.05, 0) is 25.5 Å². The van der Waals surface area contributed by atoms with Crippen LogP contribution in [0.5, 0.6) is 5.75 Å². The first-order chi connectivity index (χ1) is 7.54. The first-order valence-electron chi connectivity index (χ1n) is 5.78. The molecule has 1 unspecified atom stereocenters. The summed E-state index contributed by atoms with van der Waals surface area (Å²) in [6.07, 6.45) is 3.06. The van der Waals surface area contributed by atoms with Gasteiger partial charge in [0.1, 0.15) is 11.4 Å². The molecule has 2 N–H and O–H groups in total. The summed E-state index contributed by atoms with van der Waals surface area (Å²) < 4.78 is 7.14. The van der Waals surface area contributed by atoms with Gasteiger partial charge in [0.05, 0.1) is 0 Å². The Labute approximate surface area is 105 Å². The van der Waals surface area contributed by atoms with Crippen molar-refractivity contribution in [2.24, 2.45) is 5.73 Å². The second kappa shape index (κ2) is 4.38. The van der Waals surface area contributed by atoms with Gasteiger partial charge in [0.25, 0.3) is 0 Å². The third-order valence-corrected chi connectivity index (χ3v) is 3.66. The number of halogens is 1. The molecule has 0 saturated carbocycles. The first-order valence-corrected chi connectivity index (χ1v) is 6.57. The molecule has 0 radical (unpaired) electrons. The van der Waals surface area contributed by atoms with Crippen LogP contribution in [0, 0.1) is 0 Å². The number of hydrogen-bond acceptors (Lipinski definition) is 2. The van der Waals surface area contributed by atoms with Crippen LogP contribution in [0.2, 0.25) is 0 Å². The van der Waals surface area contributed by atoms with Gasteiger partial charge in [-0.15, -0.1) is 0 Å². The molecule has 2 nitrogen and oxygen atoms in total. The standard InChI is InChI=1S/C13H18BrNO/c1-3-6-13(2)8-11(15)10-5-4-9(14)7-12(10)16-13/h4-5,7,11H,3,6,8,15H2,1-2H3/t11-,13?/m1/s1. The van der Waals surface area contributed by atoms with Gasteiger partial charge < -0.3 is 10.5 Å². The second-order valence-electron chi connectivity index (χ2n) is 4.79. The van der Waals surface area contributed by atoms with E-state index in [1.165, 1.54) is 0 Å². The van der Waals surface area contributed by atoms with Crippen molar-refractivity contribution in [2.75, 3.05) is 0 Å². The van der Waals surface area contributed by atoms with E-state index in [4.69, 9.17) is 10.5 Å². The molecule has 0 aliphatic carbocycles. The van der Waals surface area contributed by atoms with Gasteiger partial charge in [-0.3, -0.25) is 0 Å². The Kier molecular flexibility index (Phi) is 3.27. The molecule has 2 atom stereocenters. The molecule has 3 heteroatoms. The summed E-state index contributed by atoms with van der Waals surface area (Å²) in [7, 11) is 0. The first kappa shape index (κ1) is 11.9. The molecule has 88 valence electrons. The molecule has 0 aromatic heterocycles.